The van der Waals surface area contributed by atoms with E-state index in [1.54, 1.807) is 12.1 Å². The van der Waals surface area contributed by atoms with Gasteiger partial charge in [-0.05, 0) is 55.0 Å². The monoisotopic (exact) mass is 427 g/mol. The number of hydrogen-bond donors (Lipinski definition) is 2. The van der Waals surface area contributed by atoms with Gasteiger partial charge in [0.2, 0.25) is 5.88 Å². The molecule has 0 aliphatic heterocycles. The SMILES string of the molecule is Cc1cc(Oc2ncnc3ccn(C)c23)ccc1NCNc1cccc(C(F)(F)F)c1. The number of anilines is 2. The predicted octanol–water partition coefficient (Wildman–Crippen LogP) is 5.57. The van der Waals surface area contributed by atoms with Crippen LogP contribution in [0.2, 0.25) is 0 Å². The van der Waals surface area contributed by atoms with Gasteiger partial charge in [-0.3, -0.25) is 0 Å². The third-order valence-corrected chi connectivity index (χ3v) is 4.80. The molecular formula is C22H20F3N5O. The first kappa shape index (κ1) is 20.5. The molecule has 0 saturated heterocycles. The second kappa shape index (κ2) is 8.17. The van der Waals surface area contributed by atoms with Crippen molar-refractivity contribution in [2.24, 2.45) is 7.05 Å². The van der Waals surface area contributed by atoms with E-state index in [2.05, 4.69) is 20.6 Å². The number of nitrogens with one attached hydrogen (secondary N) is 2. The molecule has 0 spiro atoms. The van der Waals surface area contributed by atoms with E-state index < -0.39 is 11.7 Å². The summed E-state index contributed by atoms with van der Waals surface area (Å²) < 4.78 is 46.3. The third kappa shape index (κ3) is 4.55. The molecule has 4 rings (SSSR count). The van der Waals surface area contributed by atoms with Gasteiger partial charge in [-0.1, -0.05) is 6.07 Å². The maximum Gasteiger partial charge on any atom is 0.416 e. The van der Waals surface area contributed by atoms with Crippen LogP contribution in [0, 0.1) is 6.92 Å². The van der Waals surface area contributed by atoms with Gasteiger partial charge in [-0.25, -0.2) is 4.98 Å². The van der Waals surface area contributed by atoms with Crippen molar-refractivity contribution >= 4 is 22.4 Å². The Labute approximate surface area is 176 Å². The summed E-state index contributed by atoms with van der Waals surface area (Å²) in [4.78, 5) is 8.46. The Kier molecular flexibility index (Phi) is 5.41. The number of nitrogens with zero attached hydrogens (tertiary/aromatic N) is 3. The zero-order valence-electron chi connectivity index (χ0n) is 16.9. The summed E-state index contributed by atoms with van der Waals surface area (Å²) in [6.45, 7) is 2.18. The Morgan fingerprint density at radius 1 is 1.03 bits per heavy atom. The third-order valence-electron chi connectivity index (χ3n) is 4.80. The van der Waals surface area contributed by atoms with E-state index in [1.807, 2.05) is 42.9 Å². The smallest absolute Gasteiger partial charge is 0.416 e. The Morgan fingerprint density at radius 2 is 1.87 bits per heavy atom. The molecular weight excluding hydrogens is 407 g/mol. The maximum atomic E-state index is 12.8. The molecule has 0 atom stereocenters. The van der Waals surface area contributed by atoms with Crippen molar-refractivity contribution in [3.8, 4) is 11.6 Å². The molecule has 0 unspecified atom stereocenters. The minimum atomic E-state index is -4.37. The van der Waals surface area contributed by atoms with Crippen molar-refractivity contribution in [1.82, 2.24) is 14.5 Å². The fraction of sp³-hybridized carbons (Fsp3) is 0.182. The first-order chi connectivity index (χ1) is 14.8. The topological polar surface area (TPSA) is 64.0 Å². The summed E-state index contributed by atoms with van der Waals surface area (Å²) >= 11 is 0. The molecule has 160 valence electrons. The van der Waals surface area contributed by atoms with Crippen LogP contribution < -0.4 is 15.4 Å². The van der Waals surface area contributed by atoms with E-state index in [4.69, 9.17) is 4.74 Å². The zero-order chi connectivity index (χ0) is 22.0. The summed E-state index contributed by atoms with van der Waals surface area (Å²) in [5.74, 6) is 1.08. The van der Waals surface area contributed by atoms with Crippen molar-refractivity contribution in [2.75, 3.05) is 17.3 Å². The van der Waals surface area contributed by atoms with Crippen molar-refractivity contribution in [2.45, 2.75) is 13.1 Å². The van der Waals surface area contributed by atoms with Gasteiger partial charge >= 0.3 is 6.18 Å². The fourth-order valence-corrected chi connectivity index (χ4v) is 3.22. The van der Waals surface area contributed by atoms with Crippen LogP contribution in [0.15, 0.2) is 61.1 Å². The molecule has 0 aliphatic carbocycles. The van der Waals surface area contributed by atoms with Crippen molar-refractivity contribution < 1.29 is 17.9 Å². The van der Waals surface area contributed by atoms with Crippen LogP contribution in [-0.2, 0) is 13.2 Å². The Bertz CT molecular complexity index is 1220. The lowest BCUT2D eigenvalue weighted by molar-refractivity contribution is -0.137. The molecule has 0 radical (unpaired) electrons. The molecule has 0 amide bonds. The van der Waals surface area contributed by atoms with E-state index in [0.29, 0.717) is 17.3 Å². The van der Waals surface area contributed by atoms with Crippen LogP contribution >= 0.6 is 0 Å². The van der Waals surface area contributed by atoms with Gasteiger partial charge < -0.3 is 19.9 Å². The average Bonchev–Trinajstić information content (AvgIpc) is 3.11. The van der Waals surface area contributed by atoms with Crippen molar-refractivity contribution in [3.63, 3.8) is 0 Å². The highest BCUT2D eigenvalue weighted by Gasteiger charge is 2.30. The van der Waals surface area contributed by atoms with Crippen molar-refractivity contribution in [3.05, 3.63) is 72.2 Å². The molecule has 0 bridgehead atoms. The van der Waals surface area contributed by atoms with Crippen LogP contribution in [-0.4, -0.2) is 21.2 Å². The molecule has 2 heterocycles. The number of aromatic nitrogens is 3. The molecule has 9 heteroatoms. The first-order valence-corrected chi connectivity index (χ1v) is 9.51. The highest BCUT2D eigenvalue weighted by atomic mass is 19.4. The number of benzene rings is 2. The number of hydrogen-bond acceptors (Lipinski definition) is 5. The van der Waals surface area contributed by atoms with Crippen LogP contribution in [0.1, 0.15) is 11.1 Å². The number of aryl methyl sites for hydroxylation is 2. The van der Waals surface area contributed by atoms with E-state index in [-0.39, 0.29) is 6.67 Å². The molecule has 2 N–H and O–H groups in total. The molecule has 6 nitrogen and oxygen atoms in total. The highest BCUT2D eigenvalue weighted by Crippen LogP contribution is 2.31. The van der Waals surface area contributed by atoms with E-state index >= 15 is 0 Å². The van der Waals surface area contributed by atoms with Crippen LogP contribution in [0.4, 0.5) is 24.5 Å². The minimum absolute atomic E-state index is 0.262. The second-order valence-corrected chi connectivity index (χ2v) is 7.03. The molecule has 0 aliphatic rings. The molecule has 4 aromatic rings. The van der Waals surface area contributed by atoms with E-state index in [0.717, 1.165) is 34.4 Å². The van der Waals surface area contributed by atoms with Gasteiger partial charge in [0.1, 0.15) is 17.6 Å². The average molecular weight is 427 g/mol. The van der Waals surface area contributed by atoms with Crippen LogP contribution in [0.3, 0.4) is 0 Å². The Hall–Kier alpha value is -3.75. The van der Waals surface area contributed by atoms with Gasteiger partial charge in [-0.15, -0.1) is 0 Å². The second-order valence-electron chi connectivity index (χ2n) is 7.03. The van der Waals surface area contributed by atoms with Crippen LogP contribution in [0.25, 0.3) is 11.0 Å². The molecule has 31 heavy (non-hydrogen) atoms. The standard InChI is InChI=1S/C22H20F3N5O/c1-14-10-17(31-21-20-19(28-13-29-21)8-9-30(20)2)6-7-18(14)27-12-26-16-5-3-4-15(11-16)22(23,24)25/h3-11,13,26-27H,12H2,1-2H3. The quantitative estimate of drug-likeness (QED) is 0.394. The number of ether oxygens (including phenoxy) is 1. The van der Waals surface area contributed by atoms with Crippen molar-refractivity contribution in [1.29, 1.82) is 0 Å². The van der Waals surface area contributed by atoms with Gasteiger partial charge in [0.15, 0.2) is 0 Å². The lowest BCUT2D eigenvalue weighted by Gasteiger charge is -2.14. The maximum absolute atomic E-state index is 12.8. The predicted molar refractivity (Wildman–Crippen MR) is 113 cm³/mol. The molecule has 2 aromatic heterocycles. The lowest BCUT2D eigenvalue weighted by Crippen LogP contribution is -2.13. The summed E-state index contributed by atoms with van der Waals surface area (Å²) in [5, 5.41) is 6.12. The Morgan fingerprint density at radius 3 is 2.65 bits per heavy atom. The highest BCUT2D eigenvalue weighted by molar-refractivity contribution is 5.80. The summed E-state index contributed by atoms with van der Waals surface area (Å²) in [6, 6.07) is 12.5. The van der Waals surface area contributed by atoms with Crippen LogP contribution in [0.5, 0.6) is 11.6 Å². The number of fused-ring (bicyclic) bond motifs is 1. The van der Waals surface area contributed by atoms with E-state index in [9.17, 15) is 13.2 Å². The number of halogens is 3. The Balaban J connectivity index is 1.42. The normalized spacial score (nSPS) is 11.5. The fourth-order valence-electron chi connectivity index (χ4n) is 3.22. The summed E-state index contributed by atoms with van der Waals surface area (Å²) in [5.41, 5.74) is 3.04. The molecule has 0 saturated carbocycles. The number of rotatable bonds is 6. The van der Waals surface area contributed by atoms with Gasteiger partial charge in [0.25, 0.3) is 0 Å². The lowest BCUT2D eigenvalue weighted by atomic mass is 10.2. The van der Waals surface area contributed by atoms with Gasteiger partial charge in [-0.2, -0.15) is 18.2 Å². The minimum Gasteiger partial charge on any atom is -0.437 e. The zero-order valence-corrected chi connectivity index (χ0v) is 16.9. The molecule has 0 fully saturated rings. The summed E-state index contributed by atoms with van der Waals surface area (Å²) in [6.07, 6.45) is -1.02. The van der Waals surface area contributed by atoms with E-state index in [1.165, 1.54) is 12.4 Å². The molecule has 2 aromatic carbocycles. The summed E-state index contributed by atoms with van der Waals surface area (Å²) in [7, 11) is 1.90. The van der Waals surface area contributed by atoms with Gasteiger partial charge in [0.05, 0.1) is 17.7 Å². The largest absolute Gasteiger partial charge is 0.437 e. The van der Waals surface area contributed by atoms with Gasteiger partial charge in [0, 0.05) is 24.6 Å². The first-order valence-electron chi connectivity index (χ1n) is 9.51. The number of alkyl halides is 3.